The van der Waals surface area contributed by atoms with Crippen molar-refractivity contribution in [2.24, 2.45) is 0 Å². The Balaban J connectivity index is 1.62. The summed E-state index contributed by atoms with van der Waals surface area (Å²) in [6.45, 7) is 3.18. The summed E-state index contributed by atoms with van der Waals surface area (Å²) < 4.78 is 0. The first-order valence-electron chi connectivity index (χ1n) is 8.04. The van der Waals surface area contributed by atoms with E-state index in [9.17, 15) is 9.59 Å². The molecule has 6 heteroatoms. The monoisotopic (exact) mass is 389 g/mol. The van der Waals surface area contributed by atoms with Crippen molar-refractivity contribution in [3.8, 4) is 0 Å². The van der Waals surface area contributed by atoms with Crippen LogP contribution in [0.5, 0.6) is 0 Å². The van der Waals surface area contributed by atoms with E-state index in [1.54, 1.807) is 22.7 Å². The van der Waals surface area contributed by atoms with E-state index < -0.39 is 0 Å². The largest absolute Gasteiger partial charge is 0.332 e. The molecule has 3 aromatic rings. The van der Waals surface area contributed by atoms with E-state index in [4.69, 9.17) is 0 Å². The maximum atomic E-state index is 12.7. The van der Waals surface area contributed by atoms with Gasteiger partial charge in [0.2, 0.25) is 5.91 Å². The maximum absolute atomic E-state index is 12.7. The van der Waals surface area contributed by atoms with Crippen LogP contribution in [-0.2, 0) is 17.9 Å². The minimum atomic E-state index is 0.0310. The number of thiophene rings is 3. The fraction of sp³-hybridized carbons (Fsp3) is 0.263. The molecule has 3 aromatic heterocycles. The van der Waals surface area contributed by atoms with Gasteiger partial charge in [-0.05, 0) is 41.9 Å². The molecule has 3 rings (SSSR count). The van der Waals surface area contributed by atoms with E-state index in [1.807, 2.05) is 59.0 Å². The Morgan fingerprint density at radius 1 is 0.920 bits per heavy atom. The molecule has 0 unspecified atom stereocenters. The standard InChI is InChI=1S/C19H19NO2S3/c1-14-6-8-18(25-14)17(21)7-9-19(22)20(12-15-4-2-10-23-15)13-16-5-3-11-24-16/h2-6,8,10-11H,7,9,12-13H2,1H3. The van der Waals surface area contributed by atoms with E-state index in [0.29, 0.717) is 13.1 Å². The number of carbonyl (C=O) groups is 2. The van der Waals surface area contributed by atoms with Crippen molar-refractivity contribution in [1.82, 2.24) is 4.90 Å². The van der Waals surface area contributed by atoms with Crippen molar-refractivity contribution < 1.29 is 9.59 Å². The predicted molar refractivity (Wildman–Crippen MR) is 106 cm³/mol. The van der Waals surface area contributed by atoms with Crippen LogP contribution >= 0.6 is 34.0 Å². The Morgan fingerprint density at radius 2 is 1.56 bits per heavy atom. The molecule has 0 saturated heterocycles. The number of hydrogen-bond donors (Lipinski definition) is 0. The lowest BCUT2D eigenvalue weighted by Gasteiger charge is -2.21. The van der Waals surface area contributed by atoms with Crippen molar-refractivity contribution >= 4 is 45.7 Å². The molecule has 0 aromatic carbocycles. The van der Waals surface area contributed by atoms with Gasteiger partial charge in [-0.15, -0.1) is 34.0 Å². The van der Waals surface area contributed by atoms with Gasteiger partial charge >= 0.3 is 0 Å². The maximum Gasteiger partial charge on any atom is 0.223 e. The molecule has 0 atom stereocenters. The van der Waals surface area contributed by atoms with Crippen LogP contribution in [0, 0.1) is 6.92 Å². The van der Waals surface area contributed by atoms with Gasteiger partial charge in [0.15, 0.2) is 5.78 Å². The van der Waals surface area contributed by atoms with Gasteiger partial charge in [0.25, 0.3) is 0 Å². The van der Waals surface area contributed by atoms with E-state index in [-0.39, 0.29) is 24.5 Å². The van der Waals surface area contributed by atoms with Crippen molar-refractivity contribution in [3.05, 3.63) is 66.7 Å². The average molecular weight is 390 g/mol. The number of Topliss-reactive ketones (excluding diaryl/α,β-unsaturated/α-hetero) is 1. The zero-order chi connectivity index (χ0) is 17.6. The van der Waals surface area contributed by atoms with Crippen LogP contribution in [0.3, 0.4) is 0 Å². The van der Waals surface area contributed by atoms with Gasteiger partial charge in [0.1, 0.15) is 0 Å². The van der Waals surface area contributed by atoms with Gasteiger partial charge in [-0.3, -0.25) is 9.59 Å². The molecular weight excluding hydrogens is 370 g/mol. The van der Waals surface area contributed by atoms with Crippen molar-refractivity contribution in [2.75, 3.05) is 0 Å². The quantitative estimate of drug-likeness (QED) is 0.486. The molecule has 0 spiro atoms. The highest BCUT2D eigenvalue weighted by molar-refractivity contribution is 7.14. The fourth-order valence-electron chi connectivity index (χ4n) is 2.50. The second kappa shape index (κ2) is 8.56. The van der Waals surface area contributed by atoms with E-state index in [1.165, 1.54) is 11.3 Å². The first-order valence-corrected chi connectivity index (χ1v) is 10.6. The molecule has 25 heavy (non-hydrogen) atoms. The van der Waals surface area contributed by atoms with E-state index in [2.05, 4.69) is 0 Å². The summed E-state index contributed by atoms with van der Waals surface area (Å²) >= 11 is 4.79. The van der Waals surface area contributed by atoms with Crippen LogP contribution < -0.4 is 0 Å². The number of rotatable bonds is 8. The van der Waals surface area contributed by atoms with Gasteiger partial charge < -0.3 is 4.90 Å². The Bertz CT molecular complexity index is 783. The van der Waals surface area contributed by atoms with Crippen molar-refractivity contribution in [2.45, 2.75) is 32.9 Å². The summed E-state index contributed by atoms with van der Waals surface area (Å²) in [5.41, 5.74) is 0. The molecule has 130 valence electrons. The Hall–Kier alpha value is -1.76. The highest BCUT2D eigenvalue weighted by atomic mass is 32.1. The number of carbonyl (C=O) groups excluding carboxylic acids is 2. The third-order valence-electron chi connectivity index (χ3n) is 3.79. The van der Waals surface area contributed by atoms with E-state index >= 15 is 0 Å². The molecule has 3 nitrogen and oxygen atoms in total. The third-order valence-corrected chi connectivity index (χ3v) is 6.55. The summed E-state index contributed by atoms with van der Waals surface area (Å²) in [6, 6.07) is 11.9. The highest BCUT2D eigenvalue weighted by Gasteiger charge is 2.18. The molecule has 3 heterocycles. The van der Waals surface area contributed by atoms with Crippen LogP contribution in [0.15, 0.2) is 47.2 Å². The molecule has 0 aliphatic heterocycles. The van der Waals surface area contributed by atoms with Crippen LogP contribution in [0.25, 0.3) is 0 Å². The van der Waals surface area contributed by atoms with Gasteiger partial charge in [-0.1, -0.05) is 12.1 Å². The lowest BCUT2D eigenvalue weighted by Crippen LogP contribution is -2.29. The SMILES string of the molecule is Cc1ccc(C(=O)CCC(=O)N(Cc2cccs2)Cc2cccs2)s1. The summed E-state index contributed by atoms with van der Waals surface area (Å²) in [6.07, 6.45) is 0.525. The highest BCUT2D eigenvalue weighted by Crippen LogP contribution is 2.20. The molecule has 0 saturated carbocycles. The average Bonchev–Trinajstić information content (AvgIpc) is 3.34. The van der Waals surface area contributed by atoms with Crippen molar-refractivity contribution in [3.63, 3.8) is 0 Å². The number of hydrogen-bond acceptors (Lipinski definition) is 5. The topological polar surface area (TPSA) is 37.4 Å². The van der Waals surface area contributed by atoms with Gasteiger partial charge in [0, 0.05) is 27.5 Å². The second-order valence-electron chi connectivity index (χ2n) is 5.74. The number of ketones is 1. The molecular formula is C19H19NO2S3. The van der Waals surface area contributed by atoms with Crippen molar-refractivity contribution in [1.29, 1.82) is 0 Å². The normalized spacial score (nSPS) is 10.8. The van der Waals surface area contributed by atoms with Crippen LogP contribution in [0.1, 0.15) is 37.1 Å². The fourth-order valence-corrected chi connectivity index (χ4v) is 4.77. The van der Waals surface area contributed by atoms with Gasteiger partial charge in [-0.25, -0.2) is 0 Å². The lowest BCUT2D eigenvalue weighted by molar-refractivity contribution is -0.132. The molecule has 0 aliphatic rings. The second-order valence-corrected chi connectivity index (χ2v) is 9.09. The van der Waals surface area contributed by atoms with Crippen LogP contribution in [-0.4, -0.2) is 16.6 Å². The minimum Gasteiger partial charge on any atom is -0.332 e. The summed E-state index contributed by atoms with van der Waals surface area (Å²) in [4.78, 5) is 31.0. The molecule has 0 bridgehead atoms. The van der Waals surface area contributed by atoms with Gasteiger partial charge in [0.05, 0.1) is 18.0 Å². The predicted octanol–water partition coefficient (Wildman–Crippen LogP) is 5.37. The Labute approximate surface area is 159 Å². The molecule has 0 aliphatic carbocycles. The first kappa shape index (κ1) is 18.0. The lowest BCUT2D eigenvalue weighted by atomic mass is 10.1. The van der Waals surface area contributed by atoms with Crippen LogP contribution in [0.2, 0.25) is 0 Å². The molecule has 1 amide bonds. The minimum absolute atomic E-state index is 0.0310. The molecule has 0 N–H and O–H groups in total. The number of aryl methyl sites for hydroxylation is 1. The zero-order valence-corrected chi connectivity index (χ0v) is 16.4. The molecule has 0 radical (unpaired) electrons. The number of nitrogens with zero attached hydrogens (tertiary/aromatic N) is 1. The third kappa shape index (κ3) is 5.11. The van der Waals surface area contributed by atoms with Gasteiger partial charge in [-0.2, -0.15) is 0 Å². The first-order chi connectivity index (χ1) is 12.1. The van der Waals surface area contributed by atoms with Crippen LogP contribution in [0.4, 0.5) is 0 Å². The smallest absolute Gasteiger partial charge is 0.223 e. The summed E-state index contributed by atoms with van der Waals surface area (Å²) in [5, 5.41) is 4.04. The number of amides is 1. The van der Waals surface area contributed by atoms with E-state index in [0.717, 1.165) is 19.5 Å². The summed E-state index contributed by atoms with van der Waals surface area (Å²) in [7, 11) is 0. The summed E-state index contributed by atoms with van der Waals surface area (Å²) in [5.74, 6) is 0.0853. The molecule has 0 fully saturated rings. The zero-order valence-electron chi connectivity index (χ0n) is 13.9. The Morgan fingerprint density at radius 3 is 2.04 bits per heavy atom. The Kier molecular flexibility index (Phi) is 6.18.